The number of aromatic nitrogens is 2. The Morgan fingerprint density at radius 2 is 1.62 bits per heavy atom. The van der Waals surface area contributed by atoms with Gasteiger partial charge < -0.3 is 10.6 Å². The van der Waals surface area contributed by atoms with Gasteiger partial charge in [0.15, 0.2) is 5.82 Å². The third kappa shape index (κ3) is 4.89. The summed E-state index contributed by atoms with van der Waals surface area (Å²) in [7, 11) is 0. The van der Waals surface area contributed by atoms with Crippen LogP contribution in [0.5, 0.6) is 0 Å². The third-order valence-electron chi connectivity index (χ3n) is 3.82. The summed E-state index contributed by atoms with van der Waals surface area (Å²) in [6.45, 7) is 5.04. The van der Waals surface area contributed by atoms with Gasteiger partial charge >= 0.3 is 0 Å². The van der Waals surface area contributed by atoms with Gasteiger partial charge in [-0.1, -0.05) is 48.5 Å². The molecule has 0 spiro atoms. The highest BCUT2D eigenvalue weighted by atomic mass is 19.1. The molecular formula is C21H21FN4. The maximum absolute atomic E-state index is 13.0. The molecular weight excluding hydrogens is 327 g/mol. The van der Waals surface area contributed by atoms with Crippen molar-refractivity contribution in [3.05, 3.63) is 84.7 Å². The van der Waals surface area contributed by atoms with E-state index in [1.165, 1.54) is 12.1 Å². The highest BCUT2D eigenvalue weighted by Gasteiger charge is 2.06. The molecule has 1 aromatic heterocycles. The van der Waals surface area contributed by atoms with Crippen LogP contribution in [0.3, 0.4) is 0 Å². The van der Waals surface area contributed by atoms with Crippen molar-refractivity contribution < 1.29 is 4.39 Å². The molecule has 0 atom stereocenters. The van der Waals surface area contributed by atoms with E-state index in [1.54, 1.807) is 18.2 Å². The molecule has 0 aliphatic heterocycles. The predicted octanol–water partition coefficient (Wildman–Crippen LogP) is 4.54. The molecule has 4 nitrogen and oxygen atoms in total. The summed E-state index contributed by atoms with van der Waals surface area (Å²) in [5.74, 6) is 1.92. The third-order valence-corrected chi connectivity index (χ3v) is 3.82. The van der Waals surface area contributed by atoms with Gasteiger partial charge in [0.25, 0.3) is 0 Å². The molecule has 0 aliphatic rings. The average Bonchev–Trinajstić information content (AvgIpc) is 2.68. The second-order valence-corrected chi connectivity index (χ2v) is 5.80. The highest BCUT2D eigenvalue weighted by Crippen LogP contribution is 2.20. The maximum atomic E-state index is 13.0. The zero-order chi connectivity index (χ0) is 18.2. The van der Waals surface area contributed by atoms with Crippen molar-refractivity contribution in [1.29, 1.82) is 0 Å². The first-order chi connectivity index (χ1) is 12.7. The monoisotopic (exact) mass is 348 g/mol. The average molecular weight is 348 g/mol. The number of anilines is 2. The zero-order valence-corrected chi connectivity index (χ0v) is 14.5. The van der Waals surface area contributed by atoms with Gasteiger partial charge in [0.05, 0.1) is 0 Å². The van der Waals surface area contributed by atoms with E-state index in [4.69, 9.17) is 0 Å². The molecule has 0 fully saturated rings. The number of nitrogens with zero attached hydrogens (tertiary/aromatic N) is 2. The van der Waals surface area contributed by atoms with Gasteiger partial charge in [-0.25, -0.2) is 14.4 Å². The van der Waals surface area contributed by atoms with Crippen molar-refractivity contribution in [3.8, 4) is 11.4 Å². The zero-order valence-electron chi connectivity index (χ0n) is 14.5. The Kier molecular flexibility index (Phi) is 5.93. The van der Waals surface area contributed by atoms with Gasteiger partial charge in [0.1, 0.15) is 17.5 Å². The quantitative estimate of drug-likeness (QED) is 0.587. The molecule has 0 saturated carbocycles. The van der Waals surface area contributed by atoms with Gasteiger partial charge in [-0.05, 0) is 24.1 Å². The van der Waals surface area contributed by atoms with E-state index in [1.807, 2.05) is 36.4 Å². The molecule has 0 unspecified atom stereocenters. The first-order valence-electron chi connectivity index (χ1n) is 8.52. The Labute approximate surface area is 152 Å². The fraction of sp³-hybridized carbons (Fsp3) is 0.143. The van der Waals surface area contributed by atoms with E-state index in [0.29, 0.717) is 18.9 Å². The standard InChI is InChI=1S/C21H21FN4/c1-2-13-23-19-15-20(24-14-12-16-8-10-18(22)11-9-16)26-21(25-19)17-6-4-3-5-7-17/h2-11,15H,1,12-14H2,(H2,23,24,25,26). The highest BCUT2D eigenvalue weighted by molar-refractivity contribution is 5.61. The second-order valence-electron chi connectivity index (χ2n) is 5.80. The normalized spacial score (nSPS) is 10.3. The fourth-order valence-electron chi connectivity index (χ4n) is 2.51. The van der Waals surface area contributed by atoms with Crippen molar-refractivity contribution >= 4 is 11.6 Å². The molecule has 3 rings (SSSR count). The Morgan fingerprint density at radius 1 is 0.923 bits per heavy atom. The number of hydrogen-bond acceptors (Lipinski definition) is 4. The van der Waals surface area contributed by atoms with Crippen LogP contribution in [0.15, 0.2) is 73.3 Å². The summed E-state index contributed by atoms with van der Waals surface area (Å²) in [5, 5.41) is 6.53. The lowest BCUT2D eigenvalue weighted by Gasteiger charge is -2.11. The number of nitrogens with one attached hydrogen (secondary N) is 2. The number of halogens is 1. The summed E-state index contributed by atoms with van der Waals surface area (Å²) >= 11 is 0. The molecule has 0 radical (unpaired) electrons. The SMILES string of the molecule is C=CCNc1cc(NCCc2ccc(F)cc2)nc(-c2ccccc2)n1. The molecule has 0 amide bonds. The number of benzene rings is 2. The van der Waals surface area contributed by atoms with E-state index in [0.717, 1.165) is 29.2 Å². The van der Waals surface area contributed by atoms with Crippen molar-refractivity contribution in [2.24, 2.45) is 0 Å². The second kappa shape index (κ2) is 8.76. The van der Waals surface area contributed by atoms with Gasteiger partial charge in [-0.15, -0.1) is 6.58 Å². The van der Waals surface area contributed by atoms with Crippen molar-refractivity contribution in [3.63, 3.8) is 0 Å². The van der Waals surface area contributed by atoms with Crippen LogP contribution in [-0.4, -0.2) is 23.1 Å². The minimum Gasteiger partial charge on any atom is -0.370 e. The van der Waals surface area contributed by atoms with Crippen LogP contribution in [0.25, 0.3) is 11.4 Å². The minimum atomic E-state index is -0.219. The molecule has 0 saturated heterocycles. The Bertz CT molecular complexity index is 848. The molecule has 26 heavy (non-hydrogen) atoms. The van der Waals surface area contributed by atoms with Crippen LogP contribution in [0, 0.1) is 5.82 Å². The van der Waals surface area contributed by atoms with Crippen LogP contribution in [0.1, 0.15) is 5.56 Å². The first-order valence-corrected chi connectivity index (χ1v) is 8.52. The van der Waals surface area contributed by atoms with Crippen LogP contribution in [0.4, 0.5) is 16.0 Å². The van der Waals surface area contributed by atoms with E-state index < -0.39 is 0 Å². The molecule has 2 aromatic carbocycles. The lowest BCUT2D eigenvalue weighted by molar-refractivity contribution is 0.627. The Hall–Kier alpha value is -3.21. The minimum absolute atomic E-state index is 0.219. The molecule has 1 heterocycles. The Balaban J connectivity index is 1.74. The van der Waals surface area contributed by atoms with Crippen molar-refractivity contribution in [2.45, 2.75) is 6.42 Å². The van der Waals surface area contributed by atoms with E-state index in [-0.39, 0.29) is 5.82 Å². The lowest BCUT2D eigenvalue weighted by atomic mass is 10.1. The largest absolute Gasteiger partial charge is 0.370 e. The fourth-order valence-corrected chi connectivity index (χ4v) is 2.51. The number of hydrogen-bond donors (Lipinski definition) is 2. The molecule has 3 aromatic rings. The van der Waals surface area contributed by atoms with Gasteiger partial charge in [-0.3, -0.25) is 0 Å². The van der Waals surface area contributed by atoms with Gasteiger partial charge in [0.2, 0.25) is 0 Å². The van der Waals surface area contributed by atoms with Crippen molar-refractivity contribution in [2.75, 3.05) is 23.7 Å². The van der Waals surface area contributed by atoms with Crippen LogP contribution in [-0.2, 0) is 6.42 Å². The summed E-state index contributed by atoms with van der Waals surface area (Å²) in [4.78, 5) is 9.17. The molecule has 0 aliphatic carbocycles. The van der Waals surface area contributed by atoms with Gasteiger partial charge in [-0.2, -0.15) is 0 Å². The topological polar surface area (TPSA) is 49.8 Å². The van der Waals surface area contributed by atoms with Crippen LogP contribution < -0.4 is 10.6 Å². The van der Waals surface area contributed by atoms with Gasteiger partial charge in [0, 0.05) is 24.7 Å². The van der Waals surface area contributed by atoms with E-state index >= 15 is 0 Å². The van der Waals surface area contributed by atoms with Crippen LogP contribution in [0.2, 0.25) is 0 Å². The van der Waals surface area contributed by atoms with E-state index in [2.05, 4.69) is 27.2 Å². The number of rotatable bonds is 8. The molecule has 2 N–H and O–H groups in total. The van der Waals surface area contributed by atoms with E-state index in [9.17, 15) is 4.39 Å². The van der Waals surface area contributed by atoms with Crippen molar-refractivity contribution in [1.82, 2.24) is 9.97 Å². The smallest absolute Gasteiger partial charge is 0.163 e. The molecule has 0 bridgehead atoms. The summed E-state index contributed by atoms with van der Waals surface area (Å²) < 4.78 is 13.0. The summed E-state index contributed by atoms with van der Waals surface area (Å²) in [5.41, 5.74) is 2.03. The van der Waals surface area contributed by atoms with Crippen LogP contribution >= 0.6 is 0 Å². The summed E-state index contributed by atoms with van der Waals surface area (Å²) in [6, 6.07) is 18.3. The first kappa shape index (κ1) is 17.6. The predicted molar refractivity (Wildman–Crippen MR) is 105 cm³/mol. The lowest BCUT2D eigenvalue weighted by Crippen LogP contribution is -2.09. The summed E-state index contributed by atoms with van der Waals surface area (Å²) in [6.07, 6.45) is 2.56. The molecule has 132 valence electrons. The molecule has 5 heteroatoms. The Morgan fingerprint density at radius 3 is 2.31 bits per heavy atom. The maximum Gasteiger partial charge on any atom is 0.163 e.